The molecule has 0 spiro atoms. The minimum atomic E-state index is -0.157. The van der Waals surface area contributed by atoms with Crippen molar-refractivity contribution in [2.45, 2.75) is 6.04 Å². The summed E-state index contributed by atoms with van der Waals surface area (Å²) < 4.78 is 11.1. The van der Waals surface area contributed by atoms with Gasteiger partial charge in [-0.2, -0.15) is 0 Å². The van der Waals surface area contributed by atoms with Crippen molar-refractivity contribution in [2.75, 3.05) is 34.4 Å². The molecule has 1 atom stereocenters. The van der Waals surface area contributed by atoms with E-state index in [1.807, 2.05) is 80.8 Å². The van der Waals surface area contributed by atoms with Crippen LogP contribution in [0.15, 0.2) is 66.7 Å². The predicted molar refractivity (Wildman–Crippen MR) is 112 cm³/mol. The second-order valence-electron chi connectivity index (χ2n) is 6.82. The molecule has 0 radical (unpaired) electrons. The van der Waals surface area contributed by atoms with Gasteiger partial charge >= 0.3 is 0 Å². The molecule has 5 heteroatoms. The number of carbonyl (C=O) groups is 1. The van der Waals surface area contributed by atoms with Crippen LogP contribution in [0.4, 0.5) is 0 Å². The van der Waals surface area contributed by atoms with Crippen LogP contribution < -0.4 is 14.8 Å². The highest BCUT2D eigenvalue weighted by Crippen LogP contribution is 2.27. The van der Waals surface area contributed by atoms with E-state index in [9.17, 15) is 4.79 Å². The summed E-state index contributed by atoms with van der Waals surface area (Å²) in [6.07, 6.45) is 0. The van der Waals surface area contributed by atoms with Gasteiger partial charge in [0.15, 0.2) is 6.61 Å². The largest absolute Gasteiger partial charge is 0.496 e. The Balaban J connectivity index is 1.58. The first-order chi connectivity index (χ1) is 13.6. The minimum absolute atomic E-state index is 0.000712. The zero-order valence-corrected chi connectivity index (χ0v) is 16.5. The van der Waals surface area contributed by atoms with Crippen molar-refractivity contribution in [1.82, 2.24) is 10.2 Å². The molecule has 0 aliphatic carbocycles. The van der Waals surface area contributed by atoms with E-state index in [1.165, 1.54) is 0 Å². The lowest BCUT2D eigenvalue weighted by atomic mass is 10.0. The number of para-hydroxylation sites is 1. The number of rotatable bonds is 8. The molecule has 0 unspecified atom stereocenters. The number of likely N-dealkylation sites (N-methyl/N-ethyl adjacent to an activating group) is 1. The number of fused-ring (bicyclic) bond motifs is 1. The molecule has 0 aliphatic rings. The molecule has 0 aromatic heterocycles. The Labute approximate surface area is 165 Å². The van der Waals surface area contributed by atoms with E-state index >= 15 is 0 Å². The summed E-state index contributed by atoms with van der Waals surface area (Å²) in [6, 6.07) is 21.7. The smallest absolute Gasteiger partial charge is 0.258 e. The summed E-state index contributed by atoms with van der Waals surface area (Å²) in [7, 11) is 5.62. The van der Waals surface area contributed by atoms with Crippen LogP contribution >= 0.6 is 0 Å². The Bertz CT molecular complexity index is 940. The SMILES string of the molecule is COc1ccccc1[C@@H](CNC(=O)COc1ccc2ccccc2c1)N(C)C. The lowest BCUT2D eigenvalue weighted by molar-refractivity contribution is -0.123. The third-order valence-electron chi connectivity index (χ3n) is 4.70. The molecule has 0 fully saturated rings. The van der Waals surface area contributed by atoms with Gasteiger partial charge in [0.1, 0.15) is 11.5 Å². The Kier molecular flexibility index (Phi) is 6.50. The highest BCUT2D eigenvalue weighted by molar-refractivity contribution is 5.84. The summed E-state index contributed by atoms with van der Waals surface area (Å²) in [5.41, 5.74) is 1.03. The number of benzene rings is 3. The fourth-order valence-corrected chi connectivity index (χ4v) is 3.18. The quantitative estimate of drug-likeness (QED) is 0.650. The van der Waals surface area contributed by atoms with Gasteiger partial charge in [-0.25, -0.2) is 0 Å². The molecule has 3 aromatic carbocycles. The van der Waals surface area contributed by atoms with Gasteiger partial charge in [-0.3, -0.25) is 4.79 Å². The van der Waals surface area contributed by atoms with Gasteiger partial charge in [-0.15, -0.1) is 0 Å². The van der Waals surface area contributed by atoms with Crippen molar-refractivity contribution >= 4 is 16.7 Å². The molecule has 0 aliphatic heterocycles. The van der Waals surface area contributed by atoms with Crippen LogP contribution in [-0.2, 0) is 4.79 Å². The number of carbonyl (C=O) groups excluding carboxylic acids is 1. The van der Waals surface area contributed by atoms with Gasteiger partial charge < -0.3 is 19.7 Å². The molecule has 1 N–H and O–H groups in total. The molecule has 1 amide bonds. The highest BCUT2D eigenvalue weighted by atomic mass is 16.5. The van der Waals surface area contributed by atoms with Gasteiger partial charge in [0, 0.05) is 12.1 Å². The third kappa shape index (κ3) is 4.81. The molecule has 3 aromatic rings. The number of nitrogens with one attached hydrogen (secondary N) is 1. The van der Waals surface area contributed by atoms with E-state index in [0.717, 1.165) is 22.1 Å². The van der Waals surface area contributed by atoms with E-state index in [-0.39, 0.29) is 18.6 Å². The van der Waals surface area contributed by atoms with Gasteiger partial charge in [0.2, 0.25) is 0 Å². The van der Waals surface area contributed by atoms with Crippen LogP contribution in [0.25, 0.3) is 10.8 Å². The number of hydrogen-bond donors (Lipinski definition) is 1. The number of hydrogen-bond acceptors (Lipinski definition) is 4. The lowest BCUT2D eigenvalue weighted by Crippen LogP contribution is -2.37. The highest BCUT2D eigenvalue weighted by Gasteiger charge is 2.19. The Morgan fingerprint density at radius 1 is 1.00 bits per heavy atom. The fraction of sp³-hybridized carbons (Fsp3) is 0.261. The van der Waals surface area contributed by atoms with Crippen LogP contribution in [0.5, 0.6) is 11.5 Å². The molecular weight excluding hydrogens is 352 g/mol. The molecule has 0 heterocycles. The van der Waals surface area contributed by atoms with E-state index in [0.29, 0.717) is 12.3 Å². The van der Waals surface area contributed by atoms with Crippen molar-refractivity contribution in [1.29, 1.82) is 0 Å². The van der Waals surface area contributed by atoms with Crippen LogP contribution in [-0.4, -0.2) is 45.2 Å². The maximum Gasteiger partial charge on any atom is 0.258 e. The summed E-state index contributed by atoms with van der Waals surface area (Å²) in [4.78, 5) is 14.4. The summed E-state index contributed by atoms with van der Waals surface area (Å²) in [6.45, 7) is 0.442. The van der Waals surface area contributed by atoms with Crippen LogP contribution in [0.1, 0.15) is 11.6 Å². The first-order valence-corrected chi connectivity index (χ1v) is 9.26. The molecule has 146 valence electrons. The van der Waals surface area contributed by atoms with E-state index in [1.54, 1.807) is 7.11 Å². The zero-order chi connectivity index (χ0) is 19.9. The average molecular weight is 378 g/mol. The molecule has 0 bridgehead atoms. The normalized spacial score (nSPS) is 12.0. The summed E-state index contributed by atoms with van der Waals surface area (Å²) in [5, 5.41) is 5.19. The molecule has 0 saturated heterocycles. The number of nitrogens with zero attached hydrogens (tertiary/aromatic N) is 1. The molecule has 0 saturated carbocycles. The topological polar surface area (TPSA) is 50.8 Å². The van der Waals surface area contributed by atoms with Crippen LogP contribution in [0.2, 0.25) is 0 Å². The van der Waals surface area contributed by atoms with Crippen molar-refractivity contribution < 1.29 is 14.3 Å². The maximum atomic E-state index is 12.3. The summed E-state index contributed by atoms with van der Waals surface area (Å²) in [5.74, 6) is 1.33. The second-order valence-corrected chi connectivity index (χ2v) is 6.82. The lowest BCUT2D eigenvalue weighted by Gasteiger charge is -2.26. The minimum Gasteiger partial charge on any atom is -0.496 e. The predicted octanol–water partition coefficient (Wildman–Crippen LogP) is 3.65. The van der Waals surface area contributed by atoms with Crippen LogP contribution in [0.3, 0.4) is 0 Å². The van der Waals surface area contributed by atoms with Gasteiger partial charge in [-0.05, 0) is 43.1 Å². The zero-order valence-electron chi connectivity index (χ0n) is 16.5. The standard InChI is InChI=1S/C23H26N2O3/c1-25(2)21(20-10-6-7-11-22(20)27-3)15-24-23(26)16-28-19-13-12-17-8-4-5-9-18(17)14-19/h4-14,21H,15-16H2,1-3H3,(H,24,26)/t21-/m1/s1. The molecule has 3 rings (SSSR count). The molecule has 5 nitrogen and oxygen atoms in total. The van der Waals surface area contributed by atoms with E-state index in [4.69, 9.17) is 9.47 Å². The van der Waals surface area contributed by atoms with E-state index < -0.39 is 0 Å². The monoisotopic (exact) mass is 378 g/mol. The van der Waals surface area contributed by atoms with Crippen molar-refractivity contribution in [3.8, 4) is 11.5 Å². The maximum absolute atomic E-state index is 12.3. The molecule has 28 heavy (non-hydrogen) atoms. The van der Waals surface area contributed by atoms with Gasteiger partial charge in [0.25, 0.3) is 5.91 Å². The second kappa shape index (κ2) is 9.24. The van der Waals surface area contributed by atoms with Crippen molar-refractivity contribution in [3.63, 3.8) is 0 Å². The Morgan fingerprint density at radius 3 is 2.46 bits per heavy atom. The number of ether oxygens (including phenoxy) is 2. The molecular formula is C23H26N2O3. The third-order valence-corrected chi connectivity index (χ3v) is 4.70. The average Bonchev–Trinajstić information content (AvgIpc) is 2.72. The number of amides is 1. The van der Waals surface area contributed by atoms with Gasteiger partial charge in [-0.1, -0.05) is 48.5 Å². The van der Waals surface area contributed by atoms with Crippen molar-refractivity contribution in [2.24, 2.45) is 0 Å². The van der Waals surface area contributed by atoms with E-state index in [2.05, 4.69) is 10.2 Å². The Morgan fingerprint density at radius 2 is 1.71 bits per heavy atom. The first kappa shape index (κ1) is 19.7. The van der Waals surface area contributed by atoms with Crippen molar-refractivity contribution in [3.05, 3.63) is 72.3 Å². The first-order valence-electron chi connectivity index (χ1n) is 9.26. The van der Waals surface area contributed by atoms with Gasteiger partial charge in [0.05, 0.1) is 13.2 Å². The fourth-order valence-electron chi connectivity index (χ4n) is 3.18. The Hall–Kier alpha value is -3.05. The number of methoxy groups -OCH3 is 1. The summed E-state index contributed by atoms with van der Waals surface area (Å²) >= 11 is 0. The van der Waals surface area contributed by atoms with Crippen LogP contribution in [0, 0.1) is 0 Å².